The number of nitrogens with zero attached hydrogens (tertiary/aromatic N) is 2. The summed E-state index contributed by atoms with van der Waals surface area (Å²) in [6, 6.07) is 13.1. The van der Waals surface area contributed by atoms with Crippen molar-refractivity contribution in [1.82, 2.24) is 4.90 Å². The molecular weight excluding hydrogens is 577 g/mol. The van der Waals surface area contributed by atoms with Crippen LogP contribution in [0, 0.1) is 16.7 Å². The second-order valence-corrected chi connectivity index (χ2v) is 11.7. The van der Waals surface area contributed by atoms with Crippen molar-refractivity contribution in [3.63, 3.8) is 0 Å². The highest BCUT2D eigenvalue weighted by Crippen LogP contribution is 2.49. The zero-order chi connectivity index (χ0) is 26.9. The molecule has 1 aliphatic heterocycles. The van der Waals surface area contributed by atoms with E-state index in [1.807, 2.05) is 29.2 Å². The second-order valence-electron chi connectivity index (χ2n) is 10.0. The average molecular weight is 605 g/mol. The van der Waals surface area contributed by atoms with Crippen molar-refractivity contribution in [3.05, 3.63) is 84.7 Å². The van der Waals surface area contributed by atoms with E-state index in [1.165, 1.54) is 0 Å². The minimum atomic E-state index is -0.557. The summed E-state index contributed by atoms with van der Waals surface area (Å²) in [4.78, 5) is 15.4. The fraction of sp³-hybridized carbons (Fsp3) is 0.357. The lowest BCUT2D eigenvalue weighted by molar-refractivity contribution is -0.118. The summed E-state index contributed by atoms with van der Waals surface area (Å²) in [6.45, 7) is 5.29. The number of nitriles is 1. The lowest BCUT2D eigenvalue weighted by Crippen LogP contribution is -2.43. The lowest BCUT2D eigenvalue weighted by Gasteiger charge is -2.43. The first-order valence-electron chi connectivity index (χ1n) is 11.8. The van der Waals surface area contributed by atoms with Crippen molar-refractivity contribution in [2.75, 3.05) is 20.3 Å². The van der Waals surface area contributed by atoms with Gasteiger partial charge in [0.1, 0.15) is 18.2 Å². The molecule has 9 heteroatoms. The molecule has 1 atom stereocenters. The Kier molecular flexibility index (Phi) is 8.25. The first-order valence-corrected chi connectivity index (χ1v) is 13.4. The smallest absolute Gasteiger partial charge is 0.162 e. The Labute approximate surface area is 235 Å². The molecule has 194 valence electrons. The Hall–Kier alpha value is -2.50. The highest BCUT2D eigenvalue weighted by atomic mass is 79.9. The summed E-state index contributed by atoms with van der Waals surface area (Å²) < 4.78 is 12.0. The molecule has 1 aliphatic carbocycles. The molecule has 2 aromatic rings. The van der Waals surface area contributed by atoms with Crippen LogP contribution in [0.15, 0.2) is 63.5 Å². The van der Waals surface area contributed by atoms with Gasteiger partial charge in [0.25, 0.3) is 0 Å². The summed E-state index contributed by atoms with van der Waals surface area (Å²) in [5, 5.41) is 11.2. The molecule has 0 radical (unpaired) electrons. The molecule has 0 unspecified atom stereocenters. The number of rotatable bonds is 7. The van der Waals surface area contributed by atoms with Crippen LogP contribution in [0.1, 0.15) is 43.7 Å². The van der Waals surface area contributed by atoms with Crippen LogP contribution in [0.3, 0.4) is 0 Å². The van der Waals surface area contributed by atoms with Gasteiger partial charge in [-0.2, -0.15) is 5.26 Å². The number of ether oxygens (including phenoxy) is 2. The molecule has 4 rings (SSSR count). The van der Waals surface area contributed by atoms with E-state index in [0.717, 1.165) is 16.8 Å². The molecule has 1 heterocycles. The molecule has 0 spiro atoms. The lowest BCUT2D eigenvalue weighted by atomic mass is 9.68. The summed E-state index contributed by atoms with van der Waals surface area (Å²) in [5.41, 5.74) is 9.81. The van der Waals surface area contributed by atoms with Gasteiger partial charge in [0.05, 0.1) is 28.6 Å². The van der Waals surface area contributed by atoms with E-state index < -0.39 is 5.92 Å². The van der Waals surface area contributed by atoms with E-state index in [0.29, 0.717) is 63.2 Å². The molecule has 6 nitrogen and oxygen atoms in total. The standard InChI is InChI=1S/C28H28BrCl2N3O3/c1-28(2)12-22-26(23(35)13-28)25(19(14-32)27(33)34(22)8-9-36-3)16-5-7-24(20(29)10-16)37-15-17-4-6-18(30)11-21(17)31/h4-7,10-11,25H,8-9,12-13,15,33H2,1-3H3/t25-/m1/s1. The third-order valence-corrected chi connectivity index (χ3v) is 7.90. The third-order valence-electron chi connectivity index (χ3n) is 6.69. The van der Waals surface area contributed by atoms with Gasteiger partial charge in [0.2, 0.25) is 0 Å². The van der Waals surface area contributed by atoms with E-state index in [4.69, 9.17) is 38.4 Å². The fourth-order valence-electron chi connectivity index (χ4n) is 4.95. The van der Waals surface area contributed by atoms with Gasteiger partial charge in [-0.15, -0.1) is 0 Å². The predicted molar refractivity (Wildman–Crippen MR) is 148 cm³/mol. The zero-order valence-corrected chi connectivity index (χ0v) is 24.0. The number of carbonyl (C=O) groups is 1. The molecular formula is C28H28BrCl2N3O3. The van der Waals surface area contributed by atoms with Gasteiger partial charge in [-0.05, 0) is 57.6 Å². The Balaban J connectivity index is 1.71. The van der Waals surface area contributed by atoms with Gasteiger partial charge < -0.3 is 20.1 Å². The van der Waals surface area contributed by atoms with Crippen molar-refractivity contribution < 1.29 is 14.3 Å². The van der Waals surface area contributed by atoms with Crippen LogP contribution in [0.4, 0.5) is 0 Å². The number of methoxy groups -OCH3 is 1. The molecule has 37 heavy (non-hydrogen) atoms. The van der Waals surface area contributed by atoms with Gasteiger partial charge >= 0.3 is 0 Å². The average Bonchev–Trinajstić information content (AvgIpc) is 2.82. The molecule has 0 saturated heterocycles. The minimum absolute atomic E-state index is 0.0350. The molecule has 0 fully saturated rings. The normalized spacial score (nSPS) is 19.1. The van der Waals surface area contributed by atoms with Crippen molar-refractivity contribution in [2.24, 2.45) is 11.1 Å². The number of ketones is 1. The number of nitrogens with two attached hydrogens (primary N) is 1. The number of hydrogen-bond acceptors (Lipinski definition) is 6. The number of halogens is 3. The molecule has 0 bridgehead atoms. The molecule has 0 saturated carbocycles. The SMILES string of the molecule is COCCN1C(N)=C(C#N)[C@@H](c2ccc(OCc3ccc(Cl)cc3Cl)c(Br)c2)C2=C1CC(C)(C)CC2=O. The first-order chi connectivity index (χ1) is 17.6. The molecule has 2 N–H and O–H groups in total. The highest BCUT2D eigenvalue weighted by molar-refractivity contribution is 9.10. The van der Waals surface area contributed by atoms with Crippen LogP contribution >= 0.6 is 39.1 Å². The van der Waals surface area contributed by atoms with Gasteiger partial charge in [0, 0.05) is 47.0 Å². The van der Waals surface area contributed by atoms with Crippen molar-refractivity contribution in [1.29, 1.82) is 5.26 Å². The van der Waals surface area contributed by atoms with Crippen molar-refractivity contribution >= 4 is 44.9 Å². The minimum Gasteiger partial charge on any atom is -0.488 e. The zero-order valence-electron chi connectivity index (χ0n) is 20.9. The monoisotopic (exact) mass is 603 g/mol. The largest absolute Gasteiger partial charge is 0.488 e. The number of hydrogen-bond donors (Lipinski definition) is 1. The van der Waals surface area contributed by atoms with Crippen LogP contribution < -0.4 is 10.5 Å². The molecule has 2 aliphatic rings. The quantitative estimate of drug-likeness (QED) is 0.377. The maximum Gasteiger partial charge on any atom is 0.162 e. The molecule has 2 aromatic carbocycles. The van der Waals surface area contributed by atoms with E-state index in [1.54, 1.807) is 19.2 Å². The number of Topliss-reactive ketones (excluding diaryl/α,β-unsaturated/α-hetero) is 1. The third kappa shape index (κ3) is 5.68. The number of benzene rings is 2. The van der Waals surface area contributed by atoms with E-state index in [2.05, 4.69) is 35.8 Å². The van der Waals surface area contributed by atoms with Crippen molar-refractivity contribution in [3.8, 4) is 11.8 Å². The fourth-order valence-corrected chi connectivity index (χ4v) is 5.93. The summed E-state index contributed by atoms with van der Waals surface area (Å²) in [7, 11) is 1.62. The van der Waals surface area contributed by atoms with E-state index >= 15 is 0 Å². The van der Waals surface area contributed by atoms with Gasteiger partial charge in [0.15, 0.2) is 5.78 Å². The van der Waals surface area contributed by atoms with Gasteiger partial charge in [-0.25, -0.2) is 0 Å². The summed E-state index contributed by atoms with van der Waals surface area (Å²) in [5.74, 6) is 0.446. The van der Waals surface area contributed by atoms with Crippen molar-refractivity contribution in [2.45, 2.75) is 39.2 Å². The molecule has 0 amide bonds. The van der Waals surface area contributed by atoms with E-state index in [-0.39, 0.29) is 17.8 Å². The van der Waals surface area contributed by atoms with Crippen LogP contribution in [0.2, 0.25) is 10.0 Å². The Bertz CT molecular complexity index is 1350. The number of carbonyl (C=O) groups excluding carboxylic acids is 1. The maximum atomic E-state index is 13.5. The Morgan fingerprint density at radius 3 is 2.62 bits per heavy atom. The van der Waals surface area contributed by atoms with Gasteiger partial charge in [-0.1, -0.05) is 49.2 Å². The van der Waals surface area contributed by atoms with Gasteiger partial charge in [-0.3, -0.25) is 4.79 Å². The van der Waals surface area contributed by atoms with Crippen LogP contribution in [-0.2, 0) is 16.1 Å². The van der Waals surface area contributed by atoms with Crippen LogP contribution in [-0.4, -0.2) is 30.9 Å². The van der Waals surface area contributed by atoms with Crippen LogP contribution in [0.25, 0.3) is 0 Å². The van der Waals surface area contributed by atoms with E-state index in [9.17, 15) is 10.1 Å². The molecule has 0 aromatic heterocycles. The summed E-state index contributed by atoms with van der Waals surface area (Å²) in [6.07, 6.45) is 1.08. The second kappa shape index (κ2) is 11.1. The Morgan fingerprint density at radius 1 is 1.22 bits per heavy atom. The topological polar surface area (TPSA) is 88.6 Å². The maximum absolute atomic E-state index is 13.5. The summed E-state index contributed by atoms with van der Waals surface area (Å²) >= 11 is 15.9. The highest BCUT2D eigenvalue weighted by Gasteiger charge is 2.44. The number of allylic oxidation sites excluding steroid dienone is 3. The van der Waals surface area contributed by atoms with Crippen LogP contribution in [0.5, 0.6) is 5.75 Å². The Morgan fingerprint density at radius 2 is 1.97 bits per heavy atom. The first kappa shape index (κ1) is 27.5. The predicted octanol–water partition coefficient (Wildman–Crippen LogP) is 6.72.